The van der Waals surface area contributed by atoms with E-state index in [2.05, 4.69) is 10.3 Å². The molecule has 1 unspecified atom stereocenters. The first-order valence-corrected chi connectivity index (χ1v) is 5.03. The molecular formula is C10H10F2N4O. The zero-order chi connectivity index (χ0) is 12.6. The number of rotatable bonds is 3. The number of carbonyl (C=O) groups is 1. The Labute approximate surface area is 95.2 Å². The Morgan fingerprint density at radius 2 is 2.24 bits per heavy atom. The number of hydrogen-bond acceptors (Lipinski definition) is 3. The van der Waals surface area contributed by atoms with Crippen molar-refractivity contribution in [2.24, 2.45) is 5.73 Å². The Morgan fingerprint density at radius 3 is 2.82 bits per heavy atom. The third-order valence-electron chi connectivity index (χ3n) is 2.50. The second-order valence-electron chi connectivity index (χ2n) is 3.62. The summed E-state index contributed by atoms with van der Waals surface area (Å²) < 4.78 is 27.6. The molecule has 2 N–H and O–H groups in total. The predicted molar refractivity (Wildman–Crippen MR) is 56.0 cm³/mol. The number of nitrogens with zero attached hydrogens (tertiary/aromatic N) is 3. The highest BCUT2D eigenvalue weighted by Gasteiger charge is 2.21. The van der Waals surface area contributed by atoms with Crippen molar-refractivity contribution in [1.82, 2.24) is 15.0 Å². The molecule has 17 heavy (non-hydrogen) atoms. The molecule has 1 aromatic carbocycles. The lowest BCUT2D eigenvalue weighted by atomic mass is 10.2. The Kier molecular flexibility index (Phi) is 2.74. The average molecular weight is 240 g/mol. The molecule has 2 aromatic rings. The van der Waals surface area contributed by atoms with Gasteiger partial charge < -0.3 is 5.73 Å². The lowest BCUT2D eigenvalue weighted by molar-refractivity contribution is -0.121. The van der Waals surface area contributed by atoms with E-state index in [-0.39, 0.29) is 11.0 Å². The summed E-state index contributed by atoms with van der Waals surface area (Å²) in [6.07, 6.45) is 0.352. The molecule has 1 amide bonds. The Morgan fingerprint density at radius 1 is 1.53 bits per heavy atom. The molecule has 1 aromatic heterocycles. The normalized spacial score (nSPS) is 12.9. The van der Waals surface area contributed by atoms with Crippen molar-refractivity contribution in [3.05, 3.63) is 23.8 Å². The monoisotopic (exact) mass is 240 g/mol. The Bertz CT molecular complexity index is 581. The molecule has 0 saturated carbocycles. The second-order valence-corrected chi connectivity index (χ2v) is 3.62. The quantitative estimate of drug-likeness (QED) is 0.874. The summed E-state index contributed by atoms with van der Waals surface area (Å²) in [4.78, 5) is 11.2. The average Bonchev–Trinajstić information content (AvgIpc) is 2.62. The van der Waals surface area contributed by atoms with E-state index in [0.29, 0.717) is 6.42 Å². The summed E-state index contributed by atoms with van der Waals surface area (Å²) in [5.41, 5.74) is 5.23. The van der Waals surface area contributed by atoms with E-state index in [1.807, 2.05) is 0 Å². The largest absolute Gasteiger partial charge is 0.368 e. The van der Waals surface area contributed by atoms with Gasteiger partial charge in [0.1, 0.15) is 22.9 Å². The molecule has 7 heteroatoms. The minimum atomic E-state index is -0.815. The van der Waals surface area contributed by atoms with Gasteiger partial charge in [0.15, 0.2) is 5.82 Å². The van der Waals surface area contributed by atoms with Gasteiger partial charge in [-0.3, -0.25) is 4.79 Å². The van der Waals surface area contributed by atoms with Crippen molar-refractivity contribution in [2.75, 3.05) is 0 Å². The molecule has 0 radical (unpaired) electrons. The van der Waals surface area contributed by atoms with Crippen LogP contribution in [0.15, 0.2) is 12.1 Å². The molecule has 0 aliphatic carbocycles. The third kappa shape index (κ3) is 1.83. The number of benzene rings is 1. The van der Waals surface area contributed by atoms with Crippen LogP contribution in [0.1, 0.15) is 19.4 Å². The number of fused-ring (bicyclic) bond motifs is 1. The van der Waals surface area contributed by atoms with Crippen molar-refractivity contribution in [1.29, 1.82) is 0 Å². The van der Waals surface area contributed by atoms with Crippen LogP contribution < -0.4 is 5.73 Å². The summed E-state index contributed by atoms with van der Waals surface area (Å²) in [6, 6.07) is 0.978. The lowest BCUT2D eigenvalue weighted by Gasteiger charge is -2.11. The van der Waals surface area contributed by atoms with Gasteiger partial charge in [0.25, 0.3) is 0 Å². The molecular weight excluding hydrogens is 230 g/mol. The fourth-order valence-electron chi connectivity index (χ4n) is 1.71. The number of aromatic nitrogens is 3. The Balaban J connectivity index is 2.67. The predicted octanol–water partition coefficient (Wildman–Crippen LogP) is 1.15. The smallest absolute Gasteiger partial charge is 0.242 e. The highest BCUT2D eigenvalue weighted by Crippen LogP contribution is 2.21. The summed E-state index contributed by atoms with van der Waals surface area (Å²) >= 11 is 0. The third-order valence-corrected chi connectivity index (χ3v) is 2.50. The molecule has 0 spiro atoms. The SMILES string of the molecule is CCC(C(N)=O)n1nnc2cc(F)cc(F)c21. The van der Waals surface area contributed by atoms with E-state index in [0.717, 1.165) is 16.8 Å². The van der Waals surface area contributed by atoms with Crippen LogP contribution in [0.4, 0.5) is 8.78 Å². The number of primary amides is 1. The molecule has 0 saturated heterocycles. The molecule has 1 heterocycles. The summed E-state index contributed by atoms with van der Waals surface area (Å²) in [5.74, 6) is -2.19. The van der Waals surface area contributed by atoms with Crippen LogP contribution in [0.5, 0.6) is 0 Å². The van der Waals surface area contributed by atoms with Gasteiger partial charge in [0, 0.05) is 12.1 Å². The number of hydrogen-bond donors (Lipinski definition) is 1. The van der Waals surface area contributed by atoms with Gasteiger partial charge in [-0.05, 0) is 6.42 Å². The van der Waals surface area contributed by atoms with E-state index in [1.165, 1.54) is 0 Å². The maximum atomic E-state index is 13.6. The number of halogens is 2. The lowest BCUT2D eigenvalue weighted by Crippen LogP contribution is -2.27. The van der Waals surface area contributed by atoms with Crippen molar-refractivity contribution < 1.29 is 13.6 Å². The van der Waals surface area contributed by atoms with E-state index in [9.17, 15) is 13.6 Å². The maximum Gasteiger partial charge on any atom is 0.242 e. The van der Waals surface area contributed by atoms with E-state index < -0.39 is 23.6 Å². The van der Waals surface area contributed by atoms with Gasteiger partial charge in [-0.25, -0.2) is 13.5 Å². The van der Waals surface area contributed by atoms with Gasteiger partial charge in [-0.1, -0.05) is 12.1 Å². The van der Waals surface area contributed by atoms with Crippen LogP contribution in [0.3, 0.4) is 0 Å². The fourth-order valence-corrected chi connectivity index (χ4v) is 1.71. The highest BCUT2D eigenvalue weighted by atomic mass is 19.1. The summed E-state index contributed by atoms with van der Waals surface area (Å²) in [5, 5.41) is 7.27. The van der Waals surface area contributed by atoms with Gasteiger partial charge in [0.05, 0.1) is 0 Å². The van der Waals surface area contributed by atoms with Crippen LogP contribution in [0.2, 0.25) is 0 Å². The van der Waals surface area contributed by atoms with Crippen LogP contribution in [0.25, 0.3) is 11.0 Å². The van der Waals surface area contributed by atoms with Crippen molar-refractivity contribution >= 4 is 16.9 Å². The molecule has 0 aliphatic heterocycles. The number of carbonyl (C=O) groups excluding carboxylic acids is 1. The van der Waals surface area contributed by atoms with Crippen LogP contribution in [-0.2, 0) is 4.79 Å². The van der Waals surface area contributed by atoms with Crippen LogP contribution in [-0.4, -0.2) is 20.9 Å². The molecule has 90 valence electrons. The van der Waals surface area contributed by atoms with Gasteiger partial charge in [0.2, 0.25) is 5.91 Å². The first-order valence-electron chi connectivity index (χ1n) is 5.03. The maximum absolute atomic E-state index is 13.6. The molecule has 5 nitrogen and oxygen atoms in total. The van der Waals surface area contributed by atoms with Gasteiger partial charge in [-0.15, -0.1) is 5.10 Å². The number of nitrogens with two attached hydrogens (primary N) is 1. The van der Waals surface area contributed by atoms with E-state index in [1.54, 1.807) is 6.92 Å². The fraction of sp³-hybridized carbons (Fsp3) is 0.300. The zero-order valence-electron chi connectivity index (χ0n) is 9.02. The standard InChI is InChI=1S/C10H10F2N4O/c1-2-8(10(13)17)16-9-6(12)3-5(11)4-7(9)14-15-16/h3-4,8H,2H2,1H3,(H2,13,17). The van der Waals surface area contributed by atoms with E-state index >= 15 is 0 Å². The van der Waals surface area contributed by atoms with Gasteiger partial charge in [-0.2, -0.15) is 0 Å². The molecule has 1 atom stereocenters. The molecule has 0 bridgehead atoms. The topological polar surface area (TPSA) is 73.8 Å². The Hall–Kier alpha value is -2.05. The minimum Gasteiger partial charge on any atom is -0.368 e. The van der Waals surface area contributed by atoms with Crippen molar-refractivity contribution in [3.63, 3.8) is 0 Å². The van der Waals surface area contributed by atoms with Crippen molar-refractivity contribution in [2.45, 2.75) is 19.4 Å². The van der Waals surface area contributed by atoms with Gasteiger partial charge >= 0.3 is 0 Å². The van der Waals surface area contributed by atoms with Crippen LogP contribution in [0, 0.1) is 11.6 Å². The molecule has 0 aliphatic rings. The summed E-state index contributed by atoms with van der Waals surface area (Å²) in [6.45, 7) is 1.71. The highest BCUT2D eigenvalue weighted by molar-refractivity contribution is 5.82. The molecule has 0 fully saturated rings. The number of amides is 1. The van der Waals surface area contributed by atoms with Crippen molar-refractivity contribution in [3.8, 4) is 0 Å². The zero-order valence-corrected chi connectivity index (χ0v) is 9.02. The minimum absolute atomic E-state index is 0.0166. The first-order chi connectivity index (χ1) is 8.04. The summed E-state index contributed by atoms with van der Waals surface area (Å²) in [7, 11) is 0. The first kappa shape index (κ1) is 11.4. The molecule has 2 rings (SSSR count). The second kappa shape index (κ2) is 4.08. The van der Waals surface area contributed by atoms with E-state index in [4.69, 9.17) is 5.73 Å². The van der Waals surface area contributed by atoms with Crippen LogP contribution >= 0.6 is 0 Å².